The van der Waals surface area contributed by atoms with Crippen LogP contribution in [0.25, 0.3) is 11.1 Å². The lowest BCUT2D eigenvalue weighted by Gasteiger charge is -2.30. The maximum Gasteiger partial charge on any atom is 0.408 e. The Balaban J connectivity index is 1.40. The summed E-state index contributed by atoms with van der Waals surface area (Å²) in [6, 6.07) is 16.1. The molecule has 5 rings (SSSR count). The zero-order valence-electron chi connectivity index (χ0n) is 30.2. The first-order chi connectivity index (χ1) is 24.8. The van der Waals surface area contributed by atoms with Crippen molar-refractivity contribution >= 4 is 23.9 Å². The quantitative estimate of drug-likeness (QED) is 0.133. The van der Waals surface area contributed by atoms with E-state index < -0.39 is 58.9 Å². The summed E-state index contributed by atoms with van der Waals surface area (Å²) in [5, 5.41) is 28.0. The predicted octanol–water partition coefficient (Wildman–Crippen LogP) is 5.25. The van der Waals surface area contributed by atoms with Crippen LogP contribution in [0.2, 0.25) is 0 Å². The van der Waals surface area contributed by atoms with Gasteiger partial charge in [0, 0.05) is 18.4 Å². The molecule has 3 N–H and O–H groups in total. The van der Waals surface area contributed by atoms with Crippen molar-refractivity contribution in [3.8, 4) is 11.1 Å². The molecule has 2 aromatic carbocycles. The minimum atomic E-state index is -1.49. The molecule has 0 radical (unpaired) electrons. The highest BCUT2D eigenvalue weighted by atomic mass is 16.6. The van der Waals surface area contributed by atoms with Crippen LogP contribution in [0.4, 0.5) is 4.79 Å². The smallest absolute Gasteiger partial charge is 0.408 e. The van der Waals surface area contributed by atoms with Gasteiger partial charge >= 0.3 is 12.1 Å². The number of aromatic nitrogens is 4. The van der Waals surface area contributed by atoms with E-state index in [9.17, 15) is 24.3 Å². The number of aliphatic carboxylic acids is 1. The summed E-state index contributed by atoms with van der Waals surface area (Å²) in [5.41, 5.74) is 0.851. The Kier molecular flexibility index (Phi) is 11.9. The molecule has 1 saturated carbocycles. The van der Waals surface area contributed by atoms with E-state index in [0.717, 1.165) is 36.0 Å². The van der Waals surface area contributed by atoms with E-state index in [1.807, 2.05) is 60.7 Å². The number of rotatable bonds is 16. The topological polar surface area (TPSA) is 169 Å². The molecule has 1 aliphatic heterocycles. The van der Waals surface area contributed by atoms with Gasteiger partial charge in [0.1, 0.15) is 23.2 Å². The molecule has 0 unspecified atom stereocenters. The fourth-order valence-corrected chi connectivity index (χ4v) is 6.78. The molecule has 3 aromatic rings. The molecule has 1 aliphatic carbocycles. The largest absolute Gasteiger partial charge is 0.479 e. The molecule has 2 aliphatic rings. The van der Waals surface area contributed by atoms with E-state index in [-0.39, 0.29) is 19.4 Å². The number of nitrogens with one attached hydrogen (secondary N) is 2. The van der Waals surface area contributed by atoms with Gasteiger partial charge < -0.3 is 25.4 Å². The van der Waals surface area contributed by atoms with Crippen LogP contribution in [-0.2, 0) is 25.7 Å². The lowest BCUT2D eigenvalue weighted by atomic mass is 10.0. The van der Waals surface area contributed by atoms with Gasteiger partial charge in [0.05, 0.1) is 6.54 Å². The number of hydrogen-bond acceptors (Lipinski definition) is 8. The second-order valence-electron chi connectivity index (χ2n) is 14.6. The molecular formula is C39H49N7O6. The van der Waals surface area contributed by atoms with Crippen LogP contribution in [0.1, 0.15) is 83.0 Å². The Morgan fingerprint density at radius 3 is 2.38 bits per heavy atom. The summed E-state index contributed by atoms with van der Waals surface area (Å²) in [6.45, 7) is 13.1. The number of carbonyl (C=O) groups excluding carboxylic acids is 3. The van der Waals surface area contributed by atoms with Crippen LogP contribution in [0, 0.1) is 5.92 Å². The van der Waals surface area contributed by atoms with Gasteiger partial charge in [-0.3, -0.25) is 9.59 Å². The molecule has 13 heteroatoms. The number of amides is 3. The van der Waals surface area contributed by atoms with E-state index in [0.29, 0.717) is 25.2 Å². The number of carboxylic acids is 1. The highest BCUT2D eigenvalue weighted by Gasteiger charge is 2.61. The van der Waals surface area contributed by atoms with Gasteiger partial charge in [0.25, 0.3) is 0 Å². The van der Waals surface area contributed by atoms with Crippen molar-refractivity contribution < 1.29 is 29.0 Å². The first-order valence-electron chi connectivity index (χ1n) is 17.8. The second-order valence-corrected chi connectivity index (χ2v) is 14.6. The second kappa shape index (κ2) is 16.3. The normalized spacial score (nSPS) is 21.5. The molecule has 2 heterocycles. The number of tetrazole rings is 1. The number of hydrogen-bond donors (Lipinski definition) is 3. The summed E-state index contributed by atoms with van der Waals surface area (Å²) in [7, 11) is 0. The van der Waals surface area contributed by atoms with Gasteiger partial charge in [0.2, 0.25) is 11.8 Å². The molecular weight excluding hydrogens is 662 g/mol. The lowest BCUT2D eigenvalue weighted by Crippen LogP contribution is -2.56. The van der Waals surface area contributed by atoms with Crippen molar-refractivity contribution in [2.45, 2.75) is 101 Å². The van der Waals surface area contributed by atoms with Crippen molar-refractivity contribution in [2.75, 3.05) is 6.54 Å². The van der Waals surface area contributed by atoms with Gasteiger partial charge in [-0.15, -0.1) is 18.3 Å². The van der Waals surface area contributed by atoms with Gasteiger partial charge in [-0.1, -0.05) is 79.6 Å². The fraction of sp³-hybridized carbons (Fsp3) is 0.462. The molecule has 1 saturated heterocycles. The van der Waals surface area contributed by atoms with E-state index in [2.05, 4.69) is 39.3 Å². The van der Waals surface area contributed by atoms with Crippen LogP contribution >= 0.6 is 0 Å². The third-order valence-corrected chi connectivity index (χ3v) is 9.62. The van der Waals surface area contributed by atoms with E-state index in [1.54, 1.807) is 25.5 Å². The Labute approximate surface area is 304 Å². The number of benzene rings is 2. The third kappa shape index (κ3) is 9.12. The Bertz CT molecular complexity index is 1750. The molecule has 0 bridgehead atoms. The van der Waals surface area contributed by atoms with Crippen LogP contribution in [0.15, 0.2) is 79.9 Å². The SMILES string of the molecule is C=CCCCCC[C@H](NC(=O)OC(C)(C)C)C(=O)N1C[C@H](c2nnnn2Cc2ccc(-c3ccccc3)cc2)C[C@H]1C(=O)N[C@@]1(C(=O)O)C[C@H]1C=C. The number of nitrogens with zero attached hydrogens (tertiary/aromatic N) is 5. The molecule has 276 valence electrons. The summed E-state index contributed by atoms with van der Waals surface area (Å²) in [4.78, 5) is 55.1. The van der Waals surface area contributed by atoms with Crippen LogP contribution in [0.3, 0.4) is 0 Å². The minimum Gasteiger partial charge on any atom is -0.479 e. The Morgan fingerprint density at radius 2 is 1.75 bits per heavy atom. The predicted molar refractivity (Wildman–Crippen MR) is 195 cm³/mol. The van der Waals surface area contributed by atoms with Crippen LogP contribution in [-0.4, -0.2) is 83.9 Å². The van der Waals surface area contributed by atoms with E-state index in [4.69, 9.17) is 4.74 Å². The number of allylic oxidation sites excluding steroid dienone is 1. The molecule has 1 aromatic heterocycles. The fourth-order valence-electron chi connectivity index (χ4n) is 6.78. The molecule has 5 atom stereocenters. The zero-order chi connectivity index (χ0) is 37.5. The number of carbonyl (C=O) groups is 4. The van der Waals surface area contributed by atoms with Crippen molar-refractivity contribution in [1.82, 2.24) is 35.7 Å². The lowest BCUT2D eigenvalue weighted by molar-refractivity contribution is -0.145. The van der Waals surface area contributed by atoms with E-state index in [1.165, 1.54) is 11.0 Å². The molecule has 0 spiro atoms. The van der Waals surface area contributed by atoms with Gasteiger partial charge in [0.15, 0.2) is 5.82 Å². The number of alkyl carbamates (subject to hydrolysis) is 1. The number of likely N-dealkylation sites (tertiary alicyclic amines) is 1. The summed E-state index contributed by atoms with van der Waals surface area (Å²) < 4.78 is 7.15. The highest BCUT2D eigenvalue weighted by Crippen LogP contribution is 2.45. The van der Waals surface area contributed by atoms with E-state index >= 15 is 0 Å². The minimum absolute atomic E-state index is 0.0815. The standard InChI is InChI=1S/C39H49N7O6/c1-6-8-9-10-14-17-31(40-37(51)52-38(3,4)5)35(48)45-25-29(22-32(45)34(47)41-39(36(49)50)23-30(39)7-2)33-42-43-44-46(33)24-26-18-20-28(21-19-26)27-15-12-11-13-16-27/h6-7,11-13,15-16,18-21,29-32H,1-2,8-10,14,17,22-25H2,3-5H3,(H,40,51)(H,41,47)(H,49,50)/t29-,30-,31+,32+,39+/m1/s1. The third-order valence-electron chi connectivity index (χ3n) is 9.62. The maximum absolute atomic E-state index is 14.4. The van der Waals surface area contributed by atoms with Gasteiger partial charge in [-0.25, -0.2) is 14.3 Å². The summed E-state index contributed by atoms with van der Waals surface area (Å²) in [6.07, 6.45) is 6.44. The van der Waals surface area contributed by atoms with Crippen LogP contribution < -0.4 is 10.6 Å². The summed E-state index contributed by atoms with van der Waals surface area (Å²) in [5.74, 6) is -2.63. The first-order valence-corrected chi connectivity index (χ1v) is 17.8. The average Bonchev–Trinajstić information content (AvgIpc) is 3.39. The van der Waals surface area contributed by atoms with Crippen LogP contribution in [0.5, 0.6) is 0 Å². The van der Waals surface area contributed by atoms with Gasteiger partial charge in [-0.2, -0.15) is 0 Å². The number of carboxylic acid groups (broad SMARTS) is 1. The van der Waals surface area contributed by atoms with Crippen molar-refractivity contribution in [3.05, 3.63) is 91.3 Å². The van der Waals surface area contributed by atoms with Gasteiger partial charge in [-0.05, 0) is 80.0 Å². The molecule has 3 amide bonds. The molecule has 2 fully saturated rings. The Morgan fingerprint density at radius 1 is 1.04 bits per heavy atom. The molecule has 52 heavy (non-hydrogen) atoms. The monoisotopic (exact) mass is 711 g/mol. The molecule has 13 nitrogen and oxygen atoms in total. The van der Waals surface area contributed by atoms with Crippen molar-refractivity contribution in [2.24, 2.45) is 5.92 Å². The number of unbranched alkanes of at least 4 members (excludes halogenated alkanes) is 3. The number of ether oxygens (including phenoxy) is 1. The highest BCUT2D eigenvalue weighted by molar-refractivity contribution is 5.96. The first kappa shape index (κ1) is 37.9. The summed E-state index contributed by atoms with van der Waals surface area (Å²) >= 11 is 0. The van der Waals surface area contributed by atoms with Crippen molar-refractivity contribution in [1.29, 1.82) is 0 Å². The average molecular weight is 712 g/mol. The van der Waals surface area contributed by atoms with Crippen molar-refractivity contribution in [3.63, 3.8) is 0 Å². The Hall–Kier alpha value is -5.33. The maximum atomic E-state index is 14.4. The zero-order valence-corrected chi connectivity index (χ0v) is 30.2.